The molecule has 46 valence electrons. The number of rotatable bonds is 0. The molecule has 0 fully saturated rings. The molecule has 0 aromatic carbocycles. The molecule has 1 aliphatic heterocycles. The van der Waals surface area contributed by atoms with E-state index < -0.39 is 0 Å². The molecule has 0 aliphatic carbocycles. The fourth-order valence-corrected chi connectivity index (χ4v) is 0.483. The fraction of sp³-hybridized carbons (Fsp3) is 0.750. The highest BCUT2D eigenvalue weighted by Crippen LogP contribution is 2.07. The largest absolute Gasteiger partial charge is 0.274 e. The third-order valence-corrected chi connectivity index (χ3v) is 1.24. The lowest BCUT2D eigenvalue weighted by atomic mass is 10.6. The van der Waals surface area contributed by atoms with Crippen molar-refractivity contribution in [1.29, 1.82) is 0 Å². The van der Waals surface area contributed by atoms with E-state index >= 15 is 0 Å². The Kier molecular flexibility index (Phi) is 1.08. The van der Waals surface area contributed by atoms with Crippen molar-refractivity contribution in [1.82, 2.24) is 10.1 Å². The zero-order valence-electron chi connectivity index (χ0n) is 4.87. The molecule has 0 aromatic heterocycles. The molecule has 0 spiro atoms. The lowest BCUT2D eigenvalue weighted by molar-refractivity contribution is 0.0282. The van der Waals surface area contributed by atoms with Gasteiger partial charge in [-0.25, -0.2) is 0 Å². The summed E-state index contributed by atoms with van der Waals surface area (Å²) in [5, 5.41) is 5.75. The molecule has 1 atom stereocenters. The second-order valence-electron chi connectivity index (χ2n) is 1.78. The molecular weight excluding hydrogens is 109 g/mol. The van der Waals surface area contributed by atoms with Crippen molar-refractivity contribution in [2.75, 3.05) is 7.05 Å². The van der Waals surface area contributed by atoms with Gasteiger partial charge in [-0.05, 0) is 6.92 Å². The van der Waals surface area contributed by atoms with E-state index in [1.165, 1.54) is 0 Å². The number of hydrazone groups is 1. The van der Waals surface area contributed by atoms with Crippen LogP contribution in [0.15, 0.2) is 5.10 Å². The molecule has 1 rings (SSSR count). The smallest absolute Gasteiger partial charge is 0.146 e. The van der Waals surface area contributed by atoms with E-state index in [1.54, 1.807) is 19.0 Å². The lowest BCUT2D eigenvalue weighted by Crippen LogP contribution is -2.28. The summed E-state index contributed by atoms with van der Waals surface area (Å²) < 4.78 is 12.2. The molecule has 1 heterocycles. The van der Waals surface area contributed by atoms with Gasteiger partial charge in [-0.3, -0.25) is 5.01 Å². The van der Waals surface area contributed by atoms with E-state index in [1.807, 2.05) is 0 Å². The number of nitrogens with zero attached hydrogens (tertiary/aromatic N) is 3. The van der Waals surface area contributed by atoms with Crippen LogP contribution in [-0.4, -0.2) is 29.7 Å². The predicted molar refractivity (Wildman–Crippen MR) is 28.7 cm³/mol. The first-order valence-corrected chi connectivity index (χ1v) is 2.43. The minimum absolute atomic E-state index is 0.241. The first kappa shape index (κ1) is 5.34. The van der Waals surface area contributed by atoms with E-state index in [-0.39, 0.29) is 6.17 Å². The van der Waals surface area contributed by atoms with E-state index in [4.69, 9.17) is 0 Å². The van der Waals surface area contributed by atoms with Crippen LogP contribution in [0.5, 0.6) is 0 Å². The summed E-state index contributed by atoms with van der Waals surface area (Å²) in [6.45, 7) is 1.73. The Balaban J connectivity index is 2.55. The van der Waals surface area contributed by atoms with Crippen molar-refractivity contribution >= 4 is 6.34 Å². The van der Waals surface area contributed by atoms with Gasteiger partial charge >= 0.3 is 0 Å². The van der Waals surface area contributed by atoms with Crippen LogP contribution in [-0.2, 0) is 0 Å². The molecule has 0 aromatic rings. The highest BCUT2D eigenvalue weighted by atomic mass is 19.2. The molecule has 0 saturated carbocycles. The van der Waals surface area contributed by atoms with Gasteiger partial charge in [0.2, 0.25) is 0 Å². The van der Waals surface area contributed by atoms with Gasteiger partial charge in [0, 0.05) is 7.05 Å². The standard InChI is InChI=1S/C4H8FN3/c1-4-7(2)6-3-8(4)5/h3-4H,1-2H3. The summed E-state index contributed by atoms with van der Waals surface area (Å²) in [7, 11) is 1.72. The summed E-state index contributed by atoms with van der Waals surface area (Å²) in [6.07, 6.45) is 0.917. The van der Waals surface area contributed by atoms with Gasteiger partial charge in [-0.2, -0.15) is 10.2 Å². The molecule has 4 heteroatoms. The zero-order chi connectivity index (χ0) is 6.15. The minimum Gasteiger partial charge on any atom is -0.274 e. The van der Waals surface area contributed by atoms with Crippen molar-refractivity contribution in [2.45, 2.75) is 13.1 Å². The molecule has 3 nitrogen and oxygen atoms in total. The lowest BCUT2D eigenvalue weighted by Gasteiger charge is -2.15. The van der Waals surface area contributed by atoms with E-state index in [0.717, 1.165) is 6.34 Å². The van der Waals surface area contributed by atoms with Crippen LogP contribution >= 0.6 is 0 Å². The molecule has 0 bridgehead atoms. The Hall–Kier alpha value is -0.800. The van der Waals surface area contributed by atoms with Crippen LogP contribution in [0.25, 0.3) is 0 Å². The highest BCUT2D eigenvalue weighted by Gasteiger charge is 2.18. The van der Waals surface area contributed by atoms with Crippen LogP contribution in [0, 0.1) is 0 Å². The SMILES string of the molecule is CC1N(F)C=NN1C. The quantitative estimate of drug-likeness (QED) is 0.428. The average molecular weight is 117 g/mol. The average Bonchev–Trinajstić information content (AvgIpc) is 1.98. The molecule has 0 radical (unpaired) electrons. The van der Waals surface area contributed by atoms with Gasteiger partial charge in [0.1, 0.15) is 12.5 Å². The van der Waals surface area contributed by atoms with Crippen molar-refractivity contribution < 1.29 is 4.48 Å². The molecule has 0 saturated heterocycles. The van der Waals surface area contributed by atoms with Gasteiger partial charge in [-0.15, -0.1) is 0 Å². The number of halogens is 1. The maximum atomic E-state index is 12.2. The monoisotopic (exact) mass is 117 g/mol. The molecule has 8 heavy (non-hydrogen) atoms. The Morgan fingerprint density at radius 1 is 1.75 bits per heavy atom. The third kappa shape index (κ3) is 0.616. The molecule has 1 unspecified atom stereocenters. The molecule has 0 N–H and O–H groups in total. The second kappa shape index (κ2) is 1.61. The molecule has 0 amide bonds. The van der Waals surface area contributed by atoms with Crippen LogP contribution in [0.4, 0.5) is 4.48 Å². The topological polar surface area (TPSA) is 18.8 Å². The summed E-state index contributed by atoms with van der Waals surface area (Å²) in [5.74, 6) is 0. The summed E-state index contributed by atoms with van der Waals surface area (Å²) in [5.41, 5.74) is 0. The van der Waals surface area contributed by atoms with E-state index in [9.17, 15) is 4.48 Å². The Bertz CT molecular complexity index is 102. The maximum absolute atomic E-state index is 12.2. The van der Waals surface area contributed by atoms with Gasteiger partial charge in [0.25, 0.3) is 0 Å². The Morgan fingerprint density at radius 3 is 2.50 bits per heavy atom. The van der Waals surface area contributed by atoms with Crippen molar-refractivity contribution in [3.05, 3.63) is 0 Å². The van der Waals surface area contributed by atoms with Crippen molar-refractivity contribution in [3.63, 3.8) is 0 Å². The number of hydrogen-bond acceptors (Lipinski definition) is 3. The van der Waals surface area contributed by atoms with Gasteiger partial charge in [-0.1, -0.05) is 4.48 Å². The summed E-state index contributed by atoms with van der Waals surface area (Å²) in [4.78, 5) is 0. The van der Waals surface area contributed by atoms with E-state index in [2.05, 4.69) is 5.10 Å². The van der Waals surface area contributed by atoms with Crippen molar-refractivity contribution in [2.24, 2.45) is 5.10 Å². The van der Waals surface area contributed by atoms with Gasteiger partial charge in [0.15, 0.2) is 0 Å². The Morgan fingerprint density at radius 2 is 2.38 bits per heavy atom. The highest BCUT2D eigenvalue weighted by molar-refractivity contribution is 5.54. The molecular formula is C4H8FN3. The zero-order valence-corrected chi connectivity index (χ0v) is 4.87. The van der Waals surface area contributed by atoms with Crippen LogP contribution in [0.1, 0.15) is 6.92 Å². The van der Waals surface area contributed by atoms with Crippen LogP contribution in [0.2, 0.25) is 0 Å². The maximum Gasteiger partial charge on any atom is 0.146 e. The first-order valence-electron chi connectivity index (χ1n) is 2.43. The number of hydrogen-bond donors (Lipinski definition) is 0. The normalized spacial score (nSPS) is 27.6. The summed E-state index contributed by atoms with van der Waals surface area (Å²) in [6, 6.07) is 0. The fourth-order valence-electron chi connectivity index (χ4n) is 0.483. The Labute approximate surface area is 47.3 Å². The van der Waals surface area contributed by atoms with Gasteiger partial charge < -0.3 is 0 Å². The minimum atomic E-state index is -0.241. The third-order valence-electron chi connectivity index (χ3n) is 1.24. The first-order chi connectivity index (χ1) is 3.72. The van der Waals surface area contributed by atoms with Crippen LogP contribution < -0.4 is 0 Å². The van der Waals surface area contributed by atoms with Gasteiger partial charge in [0.05, 0.1) is 0 Å². The second-order valence-corrected chi connectivity index (χ2v) is 1.78. The summed E-state index contributed by atoms with van der Waals surface area (Å²) >= 11 is 0. The van der Waals surface area contributed by atoms with E-state index in [0.29, 0.717) is 5.12 Å². The van der Waals surface area contributed by atoms with Crippen molar-refractivity contribution in [3.8, 4) is 0 Å². The molecule has 1 aliphatic rings. The predicted octanol–water partition coefficient (Wildman–Crippen LogP) is 0.408. The van der Waals surface area contributed by atoms with Crippen LogP contribution in [0.3, 0.4) is 0 Å².